The summed E-state index contributed by atoms with van der Waals surface area (Å²) in [6.07, 6.45) is 3.79. The second-order valence-electron chi connectivity index (χ2n) is 5.94. The van der Waals surface area contributed by atoms with Crippen LogP contribution >= 0.6 is 0 Å². The molecule has 7 heteroatoms. The summed E-state index contributed by atoms with van der Waals surface area (Å²) in [5, 5.41) is 0.965. The van der Waals surface area contributed by atoms with E-state index < -0.39 is 10.0 Å². The van der Waals surface area contributed by atoms with Crippen molar-refractivity contribution in [2.75, 3.05) is 20.4 Å². The van der Waals surface area contributed by atoms with E-state index in [0.29, 0.717) is 18.5 Å². The van der Waals surface area contributed by atoms with Gasteiger partial charge in [-0.1, -0.05) is 20.8 Å². The average molecular weight is 368 g/mol. The third-order valence-corrected chi connectivity index (χ3v) is 4.48. The maximum atomic E-state index is 12.0. The van der Waals surface area contributed by atoms with Gasteiger partial charge in [0.25, 0.3) is 5.91 Å². The average Bonchev–Trinajstić information content (AvgIpc) is 2.96. The van der Waals surface area contributed by atoms with E-state index >= 15 is 0 Å². The van der Waals surface area contributed by atoms with Crippen molar-refractivity contribution in [3.05, 3.63) is 36.0 Å². The minimum Gasteiger partial charge on any atom is -0.346 e. The zero-order valence-electron chi connectivity index (χ0n) is 15.9. The maximum Gasteiger partial charge on any atom is 0.253 e. The van der Waals surface area contributed by atoms with Crippen LogP contribution in [0.3, 0.4) is 0 Å². The minimum absolute atomic E-state index is 0.0372. The Bertz CT molecular complexity index is 810. The normalized spacial score (nSPS) is 12.4. The van der Waals surface area contributed by atoms with Crippen molar-refractivity contribution in [2.24, 2.45) is 0 Å². The van der Waals surface area contributed by atoms with E-state index in [9.17, 15) is 13.2 Å². The lowest BCUT2D eigenvalue weighted by atomic mass is 10.1. The molecule has 1 aromatic heterocycles. The van der Waals surface area contributed by atoms with Crippen LogP contribution in [-0.4, -0.2) is 50.2 Å². The van der Waals surface area contributed by atoms with Crippen LogP contribution in [0.1, 0.15) is 37.6 Å². The highest BCUT2D eigenvalue weighted by atomic mass is 32.2. The lowest BCUT2D eigenvalue weighted by molar-refractivity contribution is 0.0827. The molecule has 2 rings (SSSR count). The first-order valence-electron chi connectivity index (χ1n) is 8.49. The van der Waals surface area contributed by atoms with Gasteiger partial charge >= 0.3 is 0 Å². The van der Waals surface area contributed by atoms with Crippen LogP contribution in [0, 0.1) is 0 Å². The summed E-state index contributed by atoms with van der Waals surface area (Å²) in [6, 6.07) is 7.34. The Hall–Kier alpha value is -1.86. The first-order chi connectivity index (χ1) is 11.7. The lowest BCUT2D eigenvalue weighted by Gasteiger charge is -2.17. The smallest absolute Gasteiger partial charge is 0.253 e. The van der Waals surface area contributed by atoms with E-state index in [1.165, 1.54) is 6.26 Å². The summed E-state index contributed by atoms with van der Waals surface area (Å²) in [7, 11) is 0.212. The summed E-state index contributed by atoms with van der Waals surface area (Å²) in [4.78, 5) is 13.6. The summed E-state index contributed by atoms with van der Waals surface area (Å²) in [5.74, 6) is -0.0372. The largest absolute Gasteiger partial charge is 0.346 e. The zero-order chi connectivity index (χ0) is 19.2. The Kier molecular flexibility index (Phi) is 7.63. The number of hydrogen-bond acceptors (Lipinski definition) is 3. The molecule has 0 aliphatic carbocycles. The van der Waals surface area contributed by atoms with Gasteiger partial charge in [0.15, 0.2) is 0 Å². The van der Waals surface area contributed by atoms with Crippen LogP contribution in [-0.2, 0) is 16.6 Å². The molecule has 1 amide bonds. The summed E-state index contributed by atoms with van der Waals surface area (Å²) in [6.45, 7) is 6.50. The number of sulfonamides is 1. The quantitative estimate of drug-likeness (QED) is 0.853. The first-order valence-corrected chi connectivity index (χ1v) is 10.4. The fourth-order valence-corrected chi connectivity index (χ4v) is 3.39. The highest BCUT2D eigenvalue weighted by Gasteiger charge is 2.15. The van der Waals surface area contributed by atoms with Gasteiger partial charge in [0.1, 0.15) is 0 Å². The second-order valence-corrected chi connectivity index (χ2v) is 7.72. The van der Waals surface area contributed by atoms with Gasteiger partial charge in [0.2, 0.25) is 10.0 Å². The molecule has 6 nitrogen and oxygen atoms in total. The van der Waals surface area contributed by atoms with Crippen molar-refractivity contribution in [1.82, 2.24) is 14.2 Å². The van der Waals surface area contributed by atoms with Crippen LogP contribution in [0.5, 0.6) is 0 Å². The molecule has 2 aromatic rings. The number of carbonyl (C=O) groups is 1. The summed E-state index contributed by atoms with van der Waals surface area (Å²) >= 11 is 0. The third kappa shape index (κ3) is 5.86. The van der Waals surface area contributed by atoms with Gasteiger partial charge in [-0.2, -0.15) is 0 Å². The van der Waals surface area contributed by atoms with Crippen molar-refractivity contribution in [1.29, 1.82) is 0 Å². The minimum atomic E-state index is -3.23. The molecule has 0 unspecified atom stereocenters. The molecule has 140 valence electrons. The van der Waals surface area contributed by atoms with Gasteiger partial charge < -0.3 is 9.47 Å². The highest BCUT2D eigenvalue weighted by molar-refractivity contribution is 7.88. The number of benzene rings is 1. The molecule has 1 N–H and O–H groups in total. The van der Waals surface area contributed by atoms with Gasteiger partial charge in [-0.05, 0) is 30.7 Å². The van der Waals surface area contributed by atoms with Crippen LogP contribution in [0.2, 0.25) is 0 Å². The van der Waals surface area contributed by atoms with E-state index in [1.54, 1.807) is 25.1 Å². The predicted octanol–water partition coefficient (Wildman–Crippen LogP) is 2.70. The zero-order valence-corrected chi connectivity index (χ0v) is 16.7. The second kappa shape index (κ2) is 9.01. The number of rotatable bonds is 6. The predicted molar refractivity (Wildman–Crippen MR) is 103 cm³/mol. The van der Waals surface area contributed by atoms with Crippen molar-refractivity contribution >= 4 is 26.8 Å². The fraction of sp³-hybridized carbons (Fsp3) is 0.500. The molecule has 0 bridgehead atoms. The molecule has 1 heterocycles. The fourth-order valence-electron chi connectivity index (χ4n) is 2.54. The molecule has 1 aromatic carbocycles. The Morgan fingerprint density at radius 1 is 1.24 bits per heavy atom. The molecule has 0 saturated heterocycles. The van der Waals surface area contributed by atoms with E-state index in [-0.39, 0.29) is 11.9 Å². The molecular formula is C18H29N3O3S. The van der Waals surface area contributed by atoms with Crippen molar-refractivity contribution in [3.8, 4) is 0 Å². The number of nitrogens with zero attached hydrogens (tertiary/aromatic N) is 2. The van der Waals surface area contributed by atoms with Crippen molar-refractivity contribution < 1.29 is 13.2 Å². The topological polar surface area (TPSA) is 71.4 Å². The van der Waals surface area contributed by atoms with Crippen LogP contribution in [0.15, 0.2) is 30.5 Å². The number of aromatic nitrogens is 1. The van der Waals surface area contributed by atoms with Gasteiger partial charge in [0.05, 0.1) is 6.26 Å². The molecule has 0 radical (unpaired) electrons. The van der Waals surface area contributed by atoms with E-state index in [0.717, 1.165) is 10.9 Å². The number of carbonyl (C=O) groups excluding carboxylic acids is 1. The SMILES string of the molecule is CC.CC[C@@H](Cn1ccc2cc(C(=O)N(C)C)ccc21)NS(C)(=O)=O. The molecule has 1 atom stereocenters. The maximum absolute atomic E-state index is 12.0. The number of amides is 1. The Morgan fingerprint density at radius 2 is 1.88 bits per heavy atom. The monoisotopic (exact) mass is 367 g/mol. The van der Waals surface area contributed by atoms with E-state index in [2.05, 4.69) is 4.72 Å². The van der Waals surface area contributed by atoms with Crippen LogP contribution < -0.4 is 4.72 Å². The van der Waals surface area contributed by atoms with Crippen molar-refractivity contribution in [2.45, 2.75) is 39.8 Å². The molecular weight excluding hydrogens is 338 g/mol. The Balaban J connectivity index is 0.00000151. The lowest BCUT2D eigenvalue weighted by Crippen LogP contribution is -2.36. The first kappa shape index (κ1) is 21.2. The van der Waals surface area contributed by atoms with Crippen LogP contribution in [0.4, 0.5) is 0 Å². The van der Waals surface area contributed by atoms with Crippen LogP contribution in [0.25, 0.3) is 10.9 Å². The van der Waals surface area contributed by atoms with Gasteiger partial charge in [0, 0.05) is 49.3 Å². The molecule has 0 aliphatic rings. The molecule has 0 saturated carbocycles. The van der Waals surface area contributed by atoms with Crippen molar-refractivity contribution in [3.63, 3.8) is 0 Å². The number of hydrogen-bond donors (Lipinski definition) is 1. The standard InChI is InChI=1S/C16H23N3O3S.C2H6/c1-5-14(17-23(4,21)22)11-19-9-8-12-10-13(6-7-15(12)19)16(20)18(2)3;1-2/h6-10,14,17H,5,11H2,1-4H3;1-2H3/t14-;/m0./s1. The molecule has 0 spiro atoms. The molecule has 0 fully saturated rings. The molecule has 0 aliphatic heterocycles. The summed E-state index contributed by atoms with van der Waals surface area (Å²) < 4.78 is 27.5. The van der Waals surface area contributed by atoms with Gasteiger partial charge in [-0.15, -0.1) is 0 Å². The Labute approximate surface area is 150 Å². The van der Waals surface area contributed by atoms with Gasteiger partial charge in [-0.3, -0.25) is 4.79 Å². The number of fused-ring (bicyclic) bond motifs is 1. The Morgan fingerprint density at radius 3 is 2.40 bits per heavy atom. The van der Waals surface area contributed by atoms with E-state index in [1.807, 2.05) is 49.7 Å². The van der Waals surface area contributed by atoms with E-state index in [4.69, 9.17) is 0 Å². The number of nitrogens with one attached hydrogen (secondary N) is 1. The van der Waals surface area contributed by atoms with Gasteiger partial charge in [-0.25, -0.2) is 13.1 Å². The highest BCUT2D eigenvalue weighted by Crippen LogP contribution is 2.19. The molecule has 25 heavy (non-hydrogen) atoms. The summed E-state index contributed by atoms with van der Waals surface area (Å²) in [5.41, 5.74) is 1.62. The third-order valence-electron chi connectivity index (χ3n) is 3.71.